The van der Waals surface area contributed by atoms with Crippen LogP contribution >= 0.6 is 0 Å². The highest BCUT2D eigenvalue weighted by atomic mass is 28.3. The lowest BCUT2D eigenvalue weighted by molar-refractivity contribution is 0.194. The van der Waals surface area contributed by atoms with Gasteiger partial charge in [-0.15, -0.1) is 0 Å². The number of benzene rings is 7. The van der Waals surface area contributed by atoms with Crippen molar-refractivity contribution in [2.24, 2.45) is 0 Å². The number of furan rings is 1. The summed E-state index contributed by atoms with van der Waals surface area (Å²) in [6.45, 7) is 4.63. The van der Waals surface area contributed by atoms with Crippen molar-refractivity contribution in [3.8, 4) is 5.69 Å². The van der Waals surface area contributed by atoms with Gasteiger partial charge in [0.1, 0.15) is 11.2 Å². The zero-order chi connectivity index (χ0) is 52.2. The molecule has 5 heteroatoms. The van der Waals surface area contributed by atoms with Crippen LogP contribution in [0.3, 0.4) is 0 Å². The second-order valence-corrected chi connectivity index (χ2v) is 19.9. The molecule has 0 bridgehead atoms. The second-order valence-electron chi connectivity index (χ2n) is 16.3. The third kappa shape index (κ3) is 4.75. The first kappa shape index (κ1) is 23.8. The number of nitrogens with zero attached hydrogens (tertiary/aromatic N) is 3. The van der Waals surface area contributed by atoms with E-state index in [1.54, 1.807) is 41.0 Å². The monoisotopic (exact) mass is 805 g/mol. The minimum absolute atomic E-state index is 0.00417. The number of hydrogen-bond acceptors (Lipinski definition) is 3. The maximum absolute atomic E-state index is 10.7. The molecule has 2 atom stereocenters. The van der Waals surface area contributed by atoms with Crippen LogP contribution in [0.25, 0.3) is 49.4 Å². The van der Waals surface area contributed by atoms with Crippen LogP contribution in [-0.4, -0.2) is 23.2 Å². The molecule has 2 unspecified atom stereocenters. The molecule has 12 rings (SSSR count). The van der Waals surface area contributed by atoms with Crippen LogP contribution in [0.15, 0.2) is 192 Å². The highest BCUT2D eigenvalue weighted by Gasteiger charge is 2.57. The van der Waals surface area contributed by atoms with Gasteiger partial charge in [0.25, 0.3) is 0 Å². The van der Waals surface area contributed by atoms with E-state index in [1.165, 1.54) is 11.6 Å². The van der Waals surface area contributed by atoms with Crippen molar-refractivity contribution in [1.29, 1.82) is 0 Å². The maximum atomic E-state index is 10.7. The average Bonchev–Trinajstić information content (AvgIpc) is 4.05. The average molecular weight is 806 g/mol. The van der Waals surface area contributed by atoms with Crippen molar-refractivity contribution in [2.45, 2.75) is 50.5 Å². The van der Waals surface area contributed by atoms with E-state index in [2.05, 4.69) is 35.9 Å². The molecule has 10 aromatic rings. The van der Waals surface area contributed by atoms with Gasteiger partial charge in [-0.25, -0.2) is 0 Å². The quantitative estimate of drug-likeness (QED) is 0.124. The van der Waals surface area contributed by atoms with Crippen LogP contribution in [0.1, 0.15) is 64.3 Å². The van der Waals surface area contributed by atoms with Crippen molar-refractivity contribution in [2.75, 3.05) is 4.90 Å². The zero-order valence-corrected chi connectivity index (χ0v) is 33.9. The molecular weight excluding hydrogens is 747 g/mol. The van der Waals surface area contributed by atoms with Gasteiger partial charge in [-0.2, -0.15) is 0 Å². The Balaban J connectivity index is 1.26. The summed E-state index contributed by atoms with van der Waals surface area (Å²) in [4.78, 5) is 6.98. The SMILES string of the molecule is [2H]c1c([2H])c([2H])c([Si](c2c([2H])c([2H])c([2H])c([2H])c2[2H])(c2c([2H])c([2H])c([2H])c(-n3c4ccccc4c4cc(N5c6ccncc6C6(C)CCCCC56C)ccc43)c2[2H])c2cccc3c2oc2ccccc23)c([2H])c1[2H]. The maximum Gasteiger partial charge on any atom is 0.184 e. The molecule has 3 aromatic heterocycles. The molecule has 2 aliphatic rings. The topological polar surface area (TPSA) is 34.2 Å². The van der Waals surface area contributed by atoms with E-state index >= 15 is 0 Å². The van der Waals surface area contributed by atoms with E-state index in [1.807, 2.05) is 48.8 Å². The van der Waals surface area contributed by atoms with Gasteiger partial charge in [0.05, 0.1) is 35.8 Å². The smallest absolute Gasteiger partial charge is 0.184 e. The van der Waals surface area contributed by atoms with Gasteiger partial charge in [-0.05, 0) is 89.0 Å². The summed E-state index contributed by atoms with van der Waals surface area (Å²) in [5.74, 6) is 0. The fourth-order valence-corrected chi connectivity index (χ4v) is 14.6. The highest BCUT2D eigenvalue weighted by Crippen LogP contribution is 2.60. The molecule has 0 N–H and O–H groups in total. The number of hydrogen-bond donors (Lipinski definition) is 0. The number of pyridine rings is 1. The summed E-state index contributed by atoms with van der Waals surface area (Å²) in [5, 5.41) is 1.09. The van der Waals surface area contributed by atoms with Gasteiger partial charge < -0.3 is 13.9 Å². The Hall–Kier alpha value is -6.69. The second kappa shape index (κ2) is 13.2. The fourth-order valence-electron chi connectivity index (χ4n) is 10.6. The van der Waals surface area contributed by atoms with Gasteiger partial charge in [0, 0.05) is 62.0 Å². The molecule has 1 saturated carbocycles. The zero-order valence-electron chi connectivity index (χ0n) is 46.9. The van der Waals surface area contributed by atoms with E-state index in [9.17, 15) is 11.0 Å². The minimum atomic E-state index is -5.49. The van der Waals surface area contributed by atoms with Crippen LogP contribution in [0.5, 0.6) is 0 Å². The Morgan fingerprint density at radius 1 is 0.633 bits per heavy atom. The standard InChI is InChI=1S/C55H45N3OSi/c1-54-32-13-14-33-55(54,2)58(50-31-34-56-37-47(50)54)39-29-30-49-46(36-39)43-23-9-11-26-48(43)57(49)38-17-15-22-42(35-38)60(40-18-5-3-6-19-40,41-20-7-4-8-21-41)52-28-16-25-45-44-24-10-12-27-51(44)59-53(45)52/h3-12,15-31,34-37H,13-14,32-33H2,1-2H3/i3D,4D,5D,6D,7D,8D,15D,17D,18D,19D,20D,21D,22D,35D. The molecule has 0 saturated heterocycles. The van der Waals surface area contributed by atoms with Crippen molar-refractivity contribution in [1.82, 2.24) is 9.55 Å². The number of aromatic nitrogens is 2. The van der Waals surface area contributed by atoms with Crippen LogP contribution in [-0.2, 0) is 5.41 Å². The van der Waals surface area contributed by atoms with Crippen LogP contribution in [0.4, 0.5) is 11.4 Å². The summed E-state index contributed by atoms with van der Waals surface area (Å²) in [6, 6.07) is 17.0. The summed E-state index contributed by atoms with van der Waals surface area (Å²) in [5.41, 5.74) is 3.95. The molecular formula is C55H45N3OSi. The third-order valence-electron chi connectivity index (χ3n) is 13.6. The van der Waals surface area contributed by atoms with Crippen molar-refractivity contribution in [3.05, 3.63) is 194 Å². The predicted octanol–water partition coefficient (Wildman–Crippen LogP) is 11.2. The molecule has 7 aromatic carbocycles. The van der Waals surface area contributed by atoms with E-state index in [-0.39, 0.29) is 27.4 Å². The first-order chi connectivity index (χ1) is 35.3. The number of para-hydroxylation sites is 3. The Morgan fingerprint density at radius 3 is 2.15 bits per heavy atom. The highest BCUT2D eigenvalue weighted by molar-refractivity contribution is 7.20. The summed E-state index contributed by atoms with van der Waals surface area (Å²) >= 11 is 0. The van der Waals surface area contributed by atoms with Crippen LogP contribution < -0.4 is 25.6 Å². The molecule has 60 heavy (non-hydrogen) atoms. The van der Waals surface area contributed by atoms with Gasteiger partial charge in [0.15, 0.2) is 8.07 Å². The fraction of sp³-hybridized carbons (Fsp3) is 0.145. The lowest BCUT2D eigenvalue weighted by atomic mass is 9.62. The Kier molecular flexibility index (Phi) is 5.21. The first-order valence-corrected chi connectivity index (χ1v) is 22.3. The number of rotatable bonds is 6. The van der Waals surface area contributed by atoms with Crippen LogP contribution in [0.2, 0.25) is 0 Å². The predicted molar refractivity (Wildman–Crippen MR) is 252 cm³/mol. The molecule has 1 aliphatic carbocycles. The Bertz CT molecular complexity index is 3990. The van der Waals surface area contributed by atoms with Crippen molar-refractivity contribution < 1.29 is 23.6 Å². The molecule has 1 fully saturated rings. The molecule has 1 aliphatic heterocycles. The molecule has 0 amide bonds. The Morgan fingerprint density at radius 2 is 1.33 bits per heavy atom. The Labute approximate surface area is 371 Å². The van der Waals surface area contributed by atoms with Gasteiger partial charge in [-0.1, -0.05) is 147 Å². The molecule has 4 nitrogen and oxygen atoms in total. The van der Waals surface area contributed by atoms with Crippen LogP contribution in [0, 0.1) is 0 Å². The summed E-state index contributed by atoms with van der Waals surface area (Å²) in [6.07, 6.45) is 7.86. The minimum Gasteiger partial charge on any atom is -0.456 e. The van der Waals surface area contributed by atoms with E-state index < -0.39 is 108 Å². The third-order valence-corrected chi connectivity index (χ3v) is 17.8. The van der Waals surface area contributed by atoms with Crippen molar-refractivity contribution >= 4 is 83.9 Å². The number of fused-ring (bicyclic) bond motifs is 9. The van der Waals surface area contributed by atoms with E-state index in [0.717, 1.165) is 47.8 Å². The lowest BCUT2D eigenvalue weighted by Gasteiger charge is -2.50. The molecule has 0 spiro atoms. The lowest BCUT2D eigenvalue weighted by Crippen LogP contribution is -2.74. The van der Waals surface area contributed by atoms with Gasteiger partial charge in [0.2, 0.25) is 0 Å². The molecule has 0 radical (unpaired) electrons. The van der Waals surface area contributed by atoms with E-state index in [4.69, 9.17) is 12.6 Å². The van der Waals surface area contributed by atoms with Gasteiger partial charge in [-0.3, -0.25) is 4.98 Å². The first-order valence-electron chi connectivity index (χ1n) is 27.3. The summed E-state index contributed by atoms with van der Waals surface area (Å²) < 4.78 is 142. The summed E-state index contributed by atoms with van der Waals surface area (Å²) in [7, 11) is -5.49. The van der Waals surface area contributed by atoms with Gasteiger partial charge >= 0.3 is 0 Å². The molecule has 4 heterocycles. The molecule has 290 valence electrons. The van der Waals surface area contributed by atoms with E-state index in [0.29, 0.717) is 27.4 Å². The normalized spacial score (nSPS) is 22.3. The number of anilines is 2. The largest absolute Gasteiger partial charge is 0.456 e. The van der Waals surface area contributed by atoms with Crippen molar-refractivity contribution in [3.63, 3.8) is 0 Å².